The second-order valence-electron chi connectivity index (χ2n) is 5.21. The number of halogens is 2. The van der Waals surface area contributed by atoms with Crippen LogP contribution >= 0.6 is 11.6 Å². The lowest BCUT2D eigenvalue weighted by molar-refractivity contribution is 0.403. The van der Waals surface area contributed by atoms with Crippen LogP contribution in [0.3, 0.4) is 0 Å². The molecule has 0 aromatic rings. The predicted molar refractivity (Wildman–Crippen MR) is 74.3 cm³/mol. The van der Waals surface area contributed by atoms with Crippen molar-refractivity contribution in [2.75, 3.05) is 0 Å². The molecule has 1 nitrogen and oxygen atoms in total. The molecule has 96 valence electrons. The molecular weight excluding hydrogens is 237 g/mol. The number of nitrogens with one attached hydrogen (secondary N) is 1. The number of hydrogen-bond donors (Lipinski definition) is 1. The van der Waals surface area contributed by atoms with Crippen molar-refractivity contribution in [3.63, 3.8) is 0 Å². The quantitative estimate of drug-likeness (QED) is 0.681. The summed E-state index contributed by atoms with van der Waals surface area (Å²) < 4.78 is 13.1. The Kier molecular flexibility index (Phi) is 6.25. The van der Waals surface area contributed by atoms with E-state index in [1.54, 1.807) is 0 Å². The third-order valence-corrected chi connectivity index (χ3v) is 2.02. The molecule has 1 N–H and O–H groups in total. The Morgan fingerprint density at radius 1 is 1.29 bits per heavy atom. The predicted octanol–water partition coefficient (Wildman–Crippen LogP) is 5.04. The third kappa shape index (κ3) is 8.75. The van der Waals surface area contributed by atoms with E-state index in [0.29, 0.717) is 5.70 Å². The molecule has 0 radical (unpaired) electrons. The first-order chi connectivity index (χ1) is 7.61. The molecular formula is C14H21ClFN. The first-order valence-electron chi connectivity index (χ1n) is 5.45. The Labute approximate surface area is 109 Å². The van der Waals surface area contributed by atoms with Crippen LogP contribution in [0.25, 0.3) is 0 Å². The topological polar surface area (TPSA) is 12.0 Å². The molecule has 17 heavy (non-hydrogen) atoms. The van der Waals surface area contributed by atoms with Crippen LogP contribution in [0, 0.1) is 5.41 Å². The van der Waals surface area contributed by atoms with Crippen molar-refractivity contribution < 1.29 is 4.39 Å². The highest BCUT2D eigenvalue weighted by Gasteiger charge is 2.11. The molecule has 3 heteroatoms. The van der Waals surface area contributed by atoms with Gasteiger partial charge in [0.05, 0.1) is 5.03 Å². The highest BCUT2D eigenvalue weighted by atomic mass is 35.5. The fourth-order valence-corrected chi connectivity index (χ4v) is 1.30. The van der Waals surface area contributed by atoms with Crippen LogP contribution in [0.2, 0.25) is 0 Å². The van der Waals surface area contributed by atoms with Gasteiger partial charge in [-0.25, -0.2) is 4.39 Å². The second kappa shape index (κ2) is 6.65. The molecule has 0 amide bonds. The van der Waals surface area contributed by atoms with Crippen LogP contribution in [-0.2, 0) is 0 Å². The molecule has 0 saturated carbocycles. The maximum absolute atomic E-state index is 13.1. The lowest BCUT2D eigenvalue weighted by Crippen LogP contribution is -2.16. The van der Waals surface area contributed by atoms with Crippen LogP contribution < -0.4 is 5.32 Å². The van der Waals surface area contributed by atoms with Crippen molar-refractivity contribution in [1.29, 1.82) is 0 Å². The largest absolute Gasteiger partial charge is 0.360 e. The molecule has 0 aliphatic heterocycles. The summed E-state index contributed by atoms with van der Waals surface area (Å²) in [6, 6.07) is 0. The van der Waals surface area contributed by atoms with E-state index < -0.39 is 5.83 Å². The van der Waals surface area contributed by atoms with Gasteiger partial charge in [0.15, 0.2) is 0 Å². The van der Waals surface area contributed by atoms with Crippen LogP contribution in [0.5, 0.6) is 0 Å². The van der Waals surface area contributed by atoms with Crippen molar-refractivity contribution >= 4 is 11.6 Å². The van der Waals surface area contributed by atoms with Gasteiger partial charge in [0.2, 0.25) is 0 Å². The Bertz CT molecular complexity index is 355. The van der Waals surface area contributed by atoms with Crippen LogP contribution in [0.1, 0.15) is 34.1 Å². The van der Waals surface area contributed by atoms with Crippen molar-refractivity contribution in [2.45, 2.75) is 34.1 Å². The van der Waals surface area contributed by atoms with Crippen molar-refractivity contribution in [3.8, 4) is 0 Å². The van der Waals surface area contributed by atoms with Crippen molar-refractivity contribution in [3.05, 3.63) is 47.6 Å². The molecule has 0 atom stereocenters. The van der Waals surface area contributed by atoms with Crippen molar-refractivity contribution in [1.82, 2.24) is 5.32 Å². The van der Waals surface area contributed by atoms with E-state index in [4.69, 9.17) is 11.6 Å². The zero-order chi connectivity index (χ0) is 13.6. The maximum Gasteiger partial charge on any atom is 0.137 e. The summed E-state index contributed by atoms with van der Waals surface area (Å²) in [5.74, 6) is -0.462. The Morgan fingerprint density at radius 3 is 2.24 bits per heavy atom. The van der Waals surface area contributed by atoms with Gasteiger partial charge in [-0.05, 0) is 30.9 Å². The number of hydrogen-bond acceptors (Lipinski definition) is 1. The van der Waals surface area contributed by atoms with Gasteiger partial charge in [0.25, 0.3) is 0 Å². The summed E-state index contributed by atoms with van der Waals surface area (Å²) in [5.41, 5.74) is 1.61. The molecule has 0 rings (SSSR count). The first-order valence-corrected chi connectivity index (χ1v) is 5.83. The summed E-state index contributed by atoms with van der Waals surface area (Å²) in [5, 5.41) is 3.15. The molecule has 0 saturated heterocycles. The summed E-state index contributed by atoms with van der Waals surface area (Å²) in [6.45, 7) is 15.5. The highest BCUT2D eigenvalue weighted by molar-refractivity contribution is 6.29. The smallest absolute Gasteiger partial charge is 0.137 e. The molecule has 0 bridgehead atoms. The van der Waals surface area contributed by atoms with E-state index in [9.17, 15) is 4.39 Å². The molecule has 0 spiro atoms. The van der Waals surface area contributed by atoms with E-state index in [1.165, 1.54) is 19.1 Å². The highest BCUT2D eigenvalue weighted by Crippen LogP contribution is 2.22. The minimum Gasteiger partial charge on any atom is -0.360 e. The molecule has 0 aromatic carbocycles. The summed E-state index contributed by atoms with van der Waals surface area (Å²) in [7, 11) is 0. The van der Waals surface area contributed by atoms with Gasteiger partial charge in [-0.1, -0.05) is 45.5 Å². The van der Waals surface area contributed by atoms with Gasteiger partial charge in [0.1, 0.15) is 5.83 Å². The van der Waals surface area contributed by atoms with Gasteiger partial charge in [-0.15, -0.1) is 0 Å². The van der Waals surface area contributed by atoms with Crippen LogP contribution in [0.15, 0.2) is 47.6 Å². The normalized spacial score (nSPS) is 13.5. The van der Waals surface area contributed by atoms with E-state index in [2.05, 4.69) is 39.2 Å². The average molecular weight is 258 g/mol. The van der Waals surface area contributed by atoms with E-state index in [1.807, 2.05) is 0 Å². The summed E-state index contributed by atoms with van der Waals surface area (Å²) in [4.78, 5) is 0. The van der Waals surface area contributed by atoms with Crippen LogP contribution in [-0.4, -0.2) is 0 Å². The van der Waals surface area contributed by atoms with E-state index >= 15 is 0 Å². The average Bonchev–Trinajstić information content (AvgIpc) is 2.10. The summed E-state index contributed by atoms with van der Waals surface area (Å²) >= 11 is 5.49. The van der Waals surface area contributed by atoms with E-state index in [0.717, 1.165) is 12.1 Å². The molecule has 0 aliphatic carbocycles. The zero-order valence-electron chi connectivity index (χ0n) is 11.0. The fourth-order valence-electron chi connectivity index (χ4n) is 1.24. The van der Waals surface area contributed by atoms with Gasteiger partial charge in [0, 0.05) is 11.4 Å². The number of allylic oxidation sites excluding steroid dienone is 5. The molecule has 0 heterocycles. The third-order valence-electron chi connectivity index (χ3n) is 1.84. The maximum atomic E-state index is 13.1. The lowest BCUT2D eigenvalue weighted by atomic mass is 9.91. The SMILES string of the molecule is C=C(/C=C\C(F)=C(/C)Cl)NC(=C)CC(C)(C)C. The van der Waals surface area contributed by atoms with E-state index in [-0.39, 0.29) is 10.4 Å². The Morgan fingerprint density at radius 2 is 1.82 bits per heavy atom. The lowest BCUT2D eigenvalue weighted by Gasteiger charge is -2.20. The van der Waals surface area contributed by atoms with Gasteiger partial charge in [-0.3, -0.25) is 0 Å². The standard InChI is InChI=1S/C14H21ClFN/c1-10(7-8-13(16)12(3)15)17-11(2)9-14(4,5)6/h7-8,17H,1-2,9H2,3-6H3/b8-7-,13-12-. The van der Waals surface area contributed by atoms with Gasteiger partial charge in [-0.2, -0.15) is 0 Å². The number of rotatable bonds is 5. The molecule has 0 unspecified atom stereocenters. The zero-order valence-corrected chi connectivity index (χ0v) is 11.8. The first kappa shape index (κ1) is 16.0. The molecule has 0 aromatic heterocycles. The monoisotopic (exact) mass is 257 g/mol. The molecule has 0 fully saturated rings. The molecule has 0 aliphatic rings. The minimum atomic E-state index is -0.462. The van der Waals surface area contributed by atoms with Crippen molar-refractivity contribution in [2.24, 2.45) is 5.41 Å². The summed E-state index contributed by atoms with van der Waals surface area (Å²) in [6.07, 6.45) is 3.64. The minimum absolute atomic E-state index is 0.127. The van der Waals surface area contributed by atoms with Gasteiger partial charge >= 0.3 is 0 Å². The second-order valence-corrected chi connectivity index (χ2v) is 5.77. The Balaban J connectivity index is 4.30. The van der Waals surface area contributed by atoms with Crippen LogP contribution in [0.4, 0.5) is 4.39 Å². The fraction of sp³-hybridized carbons (Fsp3) is 0.429. The van der Waals surface area contributed by atoms with Gasteiger partial charge < -0.3 is 5.32 Å². The Hall–Kier alpha value is -1.02.